The summed E-state index contributed by atoms with van der Waals surface area (Å²) in [6, 6.07) is 2.58. The van der Waals surface area contributed by atoms with Crippen LogP contribution in [0.4, 0.5) is 27.6 Å². The van der Waals surface area contributed by atoms with Crippen LogP contribution in [0, 0.1) is 5.82 Å². The highest BCUT2D eigenvalue weighted by Crippen LogP contribution is 2.27. The number of halogens is 5. The summed E-state index contributed by atoms with van der Waals surface area (Å²) in [4.78, 5) is 25.6. The number of carbonyl (C=O) groups excluding carboxylic acids is 2. The quantitative estimate of drug-likeness (QED) is 0.0821. The van der Waals surface area contributed by atoms with E-state index in [0.717, 1.165) is 30.0 Å². The molecule has 1 aromatic heterocycles. The predicted molar refractivity (Wildman–Crippen MR) is 94.6 cm³/mol. The molecule has 0 spiro atoms. The van der Waals surface area contributed by atoms with E-state index in [1.54, 1.807) is 10.8 Å². The molecule has 10 nitrogen and oxygen atoms in total. The largest absolute Gasteiger partial charge is 0.400 e. The van der Waals surface area contributed by atoms with Gasteiger partial charge in [0.15, 0.2) is 16.6 Å². The Morgan fingerprint density at radius 2 is 2.03 bits per heavy atom. The molecule has 0 unspecified atom stereocenters. The summed E-state index contributed by atoms with van der Waals surface area (Å²) in [5.74, 6) is -9.98. The summed E-state index contributed by atoms with van der Waals surface area (Å²) in [6.07, 6.45) is -3.10. The number of aliphatic imine (C=N–C) groups is 1. The zero-order valence-corrected chi connectivity index (χ0v) is 15.9. The lowest BCUT2D eigenvalue weighted by Gasteiger charge is -2.11. The molecule has 0 saturated heterocycles. The lowest BCUT2D eigenvalue weighted by atomic mass is 10.2. The molecule has 5 N–H and O–H groups in total. The number of rotatable bonds is 9. The highest BCUT2D eigenvalue weighted by molar-refractivity contribution is 7.99. The third-order valence-electron chi connectivity index (χ3n) is 3.47. The van der Waals surface area contributed by atoms with Crippen LogP contribution in [0.25, 0.3) is 0 Å². The molecule has 16 heteroatoms. The summed E-state index contributed by atoms with van der Waals surface area (Å²) < 4.78 is 69.8. The molecule has 2 aromatic rings. The van der Waals surface area contributed by atoms with Gasteiger partial charge in [-0.05, 0) is 28.5 Å². The third kappa shape index (κ3) is 5.88. The monoisotopic (exact) mass is 468 g/mol. The fraction of sp³-hybridized carbons (Fsp3) is 0.267. The van der Waals surface area contributed by atoms with Crippen molar-refractivity contribution in [1.82, 2.24) is 21.1 Å². The minimum atomic E-state index is -4.38. The fourth-order valence-corrected chi connectivity index (χ4v) is 2.74. The van der Waals surface area contributed by atoms with Gasteiger partial charge in [-0.3, -0.25) is 20.3 Å². The number of alkyl halides is 4. The van der Waals surface area contributed by atoms with Crippen LogP contribution in [0.3, 0.4) is 0 Å². The Hall–Kier alpha value is -3.27. The first kappa shape index (κ1) is 24.0. The maximum absolute atomic E-state index is 13.4. The second kappa shape index (κ2) is 10.2. The first-order valence-electron chi connectivity index (χ1n) is 8.06. The Bertz CT molecular complexity index is 987. The van der Waals surface area contributed by atoms with Gasteiger partial charge in [-0.15, -0.1) is 0 Å². The van der Waals surface area contributed by atoms with Gasteiger partial charge in [0.2, 0.25) is 0 Å². The van der Waals surface area contributed by atoms with Gasteiger partial charge in [-0.2, -0.15) is 8.78 Å². The Labute approximate surface area is 174 Å². The number of nitrogens with two attached hydrogens (primary N) is 1. The molecule has 0 saturated carbocycles. The molecular formula is C15H13F5N6O4S. The van der Waals surface area contributed by atoms with Crippen LogP contribution in [0.1, 0.15) is 17.7 Å². The van der Waals surface area contributed by atoms with E-state index in [-0.39, 0.29) is 28.7 Å². The normalized spacial score (nSPS) is 12.2. The fourth-order valence-electron chi connectivity index (χ4n) is 1.98. The van der Waals surface area contributed by atoms with Crippen LogP contribution in [0.5, 0.6) is 0 Å². The molecule has 0 fully saturated rings. The predicted octanol–water partition coefficient (Wildman–Crippen LogP) is 1.53. The second-order valence-corrected chi connectivity index (χ2v) is 6.62. The van der Waals surface area contributed by atoms with Crippen LogP contribution < -0.4 is 16.5 Å². The number of amides is 2. The Kier molecular flexibility index (Phi) is 7.87. The molecule has 0 radical (unpaired) electrons. The summed E-state index contributed by atoms with van der Waals surface area (Å²) in [5, 5.41) is 18.1. The smallest absolute Gasteiger partial charge is 0.364 e. The van der Waals surface area contributed by atoms with Gasteiger partial charge in [0.1, 0.15) is 5.82 Å². The van der Waals surface area contributed by atoms with Crippen molar-refractivity contribution >= 4 is 35.1 Å². The van der Waals surface area contributed by atoms with Crippen molar-refractivity contribution < 1.29 is 41.4 Å². The Morgan fingerprint density at radius 1 is 1.32 bits per heavy atom. The third-order valence-corrected chi connectivity index (χ3v) is 4.41. The number of carbonyl (C=O) groups is 2. The van der Waals surface area contributed by atoms with Gasteiger partial charge in [0, 0.05) is 12.3 Å². The maximum atomic E-state index is 13.4. The van der Waals surface area contributed by atoms with E-state index in [2.05, 4.69) is 25.7 Å². The van der Waals surface area contributed by atoms with Crippen LogP contribution in [-0.2, 0) is 9.59 Å². The minimum Gasteiger partial charge on any atom is -0.364 e. The molecule has 0 bridgehead atoms. The molecule has 0 aliphatic rings. The molecule has 31 heavy (non-hydrogen) atoms. The minimum absolute atomic E-state index is 0.0209. The van der Waals surface area contributed by atoms with Crippen LogP contribution in [0.2, 0.25) is 0 Å². The summed E-state index contributed by atoms with van der Waals surface area (Å²) in [6.45, 7) is -0.340. The second-order valence-electron chi connectivity index (χ2n) is 5.54. The van der Waals surface area contributed by atoms with Crippen LogP contribution >= 0.6 is 11.8 Å². The molecule has 1 heterocycles. The highest BCUT2D eigenvalue weighted by atomic mass is 32.2. The van der Waals surface area contributed by atoms with Crippen molar-refractivity contribution in [2.24, 2.45) is 10.7 Å². The van der Waals surface area contributed by atoms with Gasteiger partial charge >= 0.3 is 11.8 Å². The lowest BCUT2D eigenvalue weighted by Crippen LogP contribution is -2.49. The number of hydroxylamine groups is 1. The molecule has 2 rings (SSSR count). The molecule has 0 atom stereocenters. The first-order valence-corrected chi connectivity index (χ1v) is 9.04. The highest BCUT2D eigenvalue weighted by Gasteiger charge is 2.45. The summed E-state index contributed by atoms with van der Waals surface area (Å²) in [5.41, 5.74) is 4.84. The first-order chi connectivity index (χ1) is 14.6. The van der Waals surface area contributed by atoms with E-state index in [4.69, 9.17) is 0 Å². The van der Waals surface area contributed by atoms with Crippen molar-refractivity contribution in [2.75, 3.05) is 12.3 Å². The van der Waals surface area contributed by atoms with Crippen molar-refractivity contribution in [3.05, 3.63) is 35.3 Å². The van der Waals surface area contributed by atoms with E-state index < -0.39 is 41.4 Å². The Balaban J connectivity index is 2.09. The van der Waals surface area contributed by atoms with E-state index in [1.807, 2.05) is 0 Å². The molecule has 168 valence electrons. The van der Waals surface area contributed by atoms with Gasteiger partial charge in [-0.25, -0.2) is 22.8 Å². The summed E-state index contributed by atoms with van der Waals surface area (Å²) in [7, 11) is 0. The standard InChI is InChI=1S/C15H13F5N6O4S/c16-8-2-1-6(5-7(8)10(17)18)23-11(24-29)9-12(26-30-25-9)31-4-3-22-14(28)15(19,20)13(21)27/h1-2,5,10,29H,3-4H2,(H2,21,27)(H,22,28)(H,23,24). The SMILES string of the molecule is NC(=O)C(F)(F)C(=O)NCCSc1nonc1C(=Nc1ccc(F)c(C(F)F)c1)NO. The molecular weight excluding hydrogens is 455 g/mol. The van der Waals surface area contributed by atoms with E-state index in [1.165, 1.54) is 0 Å². The number of nitrogens with one attached hydrogen (secondary N) is 2. The molecule has 1 aromatic carbocycles. The molecule has 2 amide bonds. The number of thioether (sulfide) groups is 1. The number of benzene rings is 1. The van der Waals surface area contributed by atoms with Gasteiger partial charge in [0.05, 0.1) is 11.3 Å². The van der Waals surface area contributed by atoms with Crippen molar-refractivity contribution in [1.29, 1.82) is 0 Å². The average molecular weight is 468 g/mol. The number of hydrogen-bond acceptors (Lipinski definition) is 8. The van der Waals surface area contributed by atoms with Crippen molar-refractivity contribution in [2.45, 2.75) is 17.4 Å². The van der Waals surface area contributed by atoms with Gasteiger partial charge < -0.3 is 11.1 Å². The topological polar surface area (TPSA) is 156 Å². The Morgan fingerprint density at radius 3 is 2.65 bits per heavy atom. The average Bonchev–Trinajstić information content (AvgIpc) is 3.18. The number of aromatic nitrogens is 2. The lowest BCUT2D eigenvalue weighted by molar-refractivity contribution is -0.157. The zero-order valence-electron chi connectivity index (χ0n) is 15.1. The van der Waals surface area contributed by atoms with E-state index in [9.17, 15) is 36.7 Å². The molecule has 0 aliphatic carbocycles. The number of hydrogen-bond donors (Lipinski definition) is 4. The summed E-state index contributed by atoms with van der Waals surface area (Å²) >= 11 is 0.824. The number of amidine groups is 1. The van der Waals surface area contributed by atoms with Gasteiger partial charge in [0.25, 0.3) is 12.3 Å². The number of nitrogens with zero attached hydrogens (tertiary/aromatic N) is 3. The van der Waals surface area contributed by atoms with Crippen molar-refractivity contribution in [3.63, 3.8) is 0 Å². The number of primary amides is 1. The van der Waals surface area contributed by atoms with Crippen LogP contribution in [0.15, 0.2) is 32.8 Å². The van der Waals surface area contributed by atoms with Crippen molar-refractivity contribution in [3.8, 4) is 0 Å². The van der Waals surface area contributed by atoms with Gasteiger partial charge in [-0.1, -0.05) is 11.8 Å². The molecule has 0 aliphatic heterocycles. The van der Waals surface area contributed by atoms with E-state index >= 15 is 0 Å². The zero-order chi connectivity index (χ0) is 23.2. The maximum Gasteiger partial charge on any atom is 0.400 e. The van der Waals surface area contributed by atoms with E-state index in [0.29, 0.717) is 0 Å². The van der Waals surface area contributed by atoms with Crippen LogP contribution in [-0.4, -0.2) is 51.4 Å².